The van der Waals surface area contributed by atoms with Crippen molar-refractivity contribution in [2.75, 3.05) is 11.9 Å². The summed E-state index contributed by atoms with van der Waals surface area (Å²) in [6, 6.07) is 8.39. The number of hydrogen-bond acceptors (Lipinski definition) is 2. The summed E-state index contributed by atoms with van der Waals surface area (Å²) in [6.45, 7) is 3.04. The van der Waals surface area contributed by atoms with Gasteiger partial charge in [-0.25, -0.2) is 4.98 Å². The molecule has 2 rings (SSSR count). The summed E-state index contributed by atoms with van der Waals surface area (Å²) in [4.78, 5) is 4.10. The maximum Gasteiger partial charge on any atom is 0.0948 e. The quantitative estimate of drug-likeness (QED) is 0.827. The molecule has 0 radical (unpaired) electrons. The molecule has 0 amide bonds. The molecule has 0 aliphatic carbocycles. The number of rotatable bonds is 3. The van der Waals surface area contributed by atoms with Crippen LogP contribution in [0.5, 0.6) is 0 Å². The average molecular weight is 201 g/mol. The van der Waals surface area contributed by atoms with Gasteiger partial charge in [-0.1, -0.05) is 12.1 Å². The van der Waals surface area contributed by atoms with Crippen molar-refractivity contribution in [3.8, 4) is 11.3 Å². The molecular weight excluding hydrogens is 186 g/mol. The third-order valence-electron chi connectivity index (χ3n) is 2.38. The zero-order valence-corrected chi connectivity index (χ0v) is 9.07. The molecule has 0 aliphatic rings. The van der Waals surface area contributed by atoms with Crippen molar-refractivity contribution >= 4 is 5.69 Å². The van der Waals surface area contributed by atoms with E-state index in [-0.39, 0.29) is 0 Å². The molecule has 1 N–H and O–H groups in total. The van der Waals surface area contributed by atoms with E-state index >= 15 is 0 Å². The highest BCUT2D eigenvalue weighted by atomic mass is 15.0. The van der Waals surface area contributed by atoms with Gasteiger partial charge >= 0.3 is 0 Å². The minimum absolute atomic E-state index is 0.949. The van der Waals surface area contributed by atoms with E-state index in [1.54, 1.807) is 0 Å². The molecule has 0 atom stereocenters. The normalized spacial score (nSPS) is 10.3. The van der Waals surface area contributed by atoms with Gasteiger partial charge in [0.15, 0.2) is 0 Å². The Morgan fingerprint density at radius 3 is 2.53 bits per heavy atom. The molecule has 0 saturated carbocycles. The lowest BCUT2D eigenvalue weighted by molar-refractivity contribution is 0.921. The fraction of sp³-hybridized carbons (Fsp3) is 0.250. The van der Waals surface area contributed by atoms with E-state index in [4.69, 9.17) is 0 Å². The Kier molecular flexibility index (Phi) is 2.72. The smallest absolute Gasteiger partial charge is 0.0948 e. The van der Waals surface area contributed by atoms with Crippen LogP contribution in [0.4, 0.5) is 5.69 Å². The second-order valence-corrected chi connectivity index (χ2v) is 3.50. The molecule has 1 aromatic heterocycles. The molecule has 3 heteroatoms. The van der Waals surface area contributed by atoms with Crippen molar-refractivity contribution in [3.63, 3.8) is 0 Å². The Morgan fingerprint density at radius 1 is 1.27 bits per heavy atom. The summed E-state index contributed by atoms with van der Waals surface area (Å²) in [7, 11) is 2.00. The summed E-state index contributed by atoms with van der Waals surface area (Å²) in [6.07, 6.45) is 3.69. The average Bonchev–Trinajstić information content (AvgIpc) is 2.66. The number of aromatic nitrogens is 2. The van der Waals surface area contributed by atoms with Gasteiger partial charge in [-0.3, -0.25) is 0 Å². The number of imidazole rings is 1. The van der Waals surface area contributed by atoms with Crippen LogP contribution in [0.2, 0.25) is 0 Å². The van der Waals surface area contributed by atoms with Crippen molar-refractivity contribution in [1.29, 1.82) is 0 Å². The predicted molar refractivity (Wildman–Crippen MR) is 62.8 cm³/mol. The van der Waals surface area contributed by atoms with Gasteiger partial charge in [0.05, 0.1) is 18.2 Å². The van der Waals surface area contributed by atoms with E-state index in [1.165, 1.54) is 5.56 Å². The lowest BCUT2D eigenvalue weighted by Gasteiger charge is -2.05. The van der Waals surface area contributed by atoms with Gasteiger partial charge in [0.2, 0.25) is 0 Å². The van der Waals surface area contributed by atoms with E-state index in [9.17, 15) is 0 Å². The Hall–Kier alpha value is -1.77. The van der Waals surface area contributed by atoms with E-state index in [1.807, 2.05) is 24.1 Å². The SMILES string of the molecule is CCNc1ccc(-c2cncn2C)cc1. The Labute approximate surface area is 89.8 Å². The summed E-state index contributed by atoms with van der Waals surface area (Å²) in [5.74, 6) is 0. The standard InChI is InChI=1S/C12H15N3/c1-3-14-11-6-4-10(5-7-11)12-8-13-9-15(12)2/h4-9,14H,3H2,1-2H3. The predicted octanol–water partition coefficient (Wildman–Crippen LogP) is 2.52. The van der Waals surface area contributed by atoms with Crippen LogP contribution in [0.15, 0.2) is 36.8 Å². The van der Waals surface area contributed by atoms with Gasteiger partial charge in [-0.15, -0.1) is 0 Å². The second kappa shape index (κ2) is 4.17. The highest BCUT2D eigenvalue weighted by Gasteiger charge is 2.01. The van der Waals surface area contributed by atoms with Gasteiger partial charge in [-0.2, -0.15) is 0 Å². The molecule has 0 fully saturated rings. The first-order chi connectivity index (χ1) is 7.31. The molecule has 0 saturated heterocycles. The molecule has 0 spiro atoms. The zero-order valence-electron chi connectivity index (χ0n) is 9.07. The van der Waals surface area contributed by atoms with E-state index in [0.29, 0.717) is 0 Å². The molecule has 78 valence electrons. The zero-order chi connectivity index (χ0) is 10.7. The van der Waals surface area contributed by atoms with Crippen LogP contribution in [0.3, 0.4) is 0 Å². The summed E-state index contributed by atoms with van der Waals surface area (Å²) < 4.78 is 2.02. The molecule has 0 unspecified atom stereocenters. The van der Waals surface area contributed by atoms with Crippen molar-refractivity contribution < 1.29 is 0 Å². The summed E-state index contributed by atoms with van der Waals surface area (Å²) in [5.41, 5.74) is 3.48. The Bertz CT molecular complexity index is 428. The van der Waals surface area contributed by atoms with E-state index in [0.717, 1.165) is 17.9 Å². The topological polar surface area (TPSA) is 29.9 Å². The fourth-order valence-corrected chi connectivity index (χ4v) is 1.60. The summed E-state index contributed by atoms with van der Waals surface area (Å²) in [5, 5.41) is 3.27. The van der Waals surface area contributed by atoms with Crippen LogP contribution >= 0.6 is 0 Å². The minimum atomic E-state index is 0.949. The number of hydrogen-bond donors (Lipinski definition) is 1. The third-order valence-corrected chi connectivity index (χ3v) is 2.38. The van der Waals surface area contributed by atoms with Gasteiger partial charge in [-0.05, 0) is 24.6 Å². The number of nitrogens with zero attached hydrogens (tertiary/aromatic N) is 2. The number of benzene rings is 1. The van der Waals surface area contributed by atoms with Crippen molar-refractivity contribution in [1.82, 2.24) is 9.55 Å². The van der Waals surface area contributed by atoms with Gasteiger partial charge in [0.1, 0.15) is 0 Å². The first kappa shape index (κ1) is 9.77. The van der Waals surface area contributed by atoms with Crippen molar-refractivity contribution in [2.45, 2.75) is 6.92 Å². The van der Waals surface area contributed by atoms with Gasteiger partial charge < -0.3 is 9.88 Å². The number of anilines is 1. The van der Waals surface area contributed by atoms with E-state index < -0.39 is 0 Å². The lowest BCUT2D eigenvalue weighted by atomic mass is 10.1. The van der Waals surface area contributed by atoms with Crippen LogP contribution in [0.25, 0.3) is 11.3 Å². The molecule has 1 aromatic carbocycles. The molecule has 0 bridgehead atoms. The fourth-order valence-electron chi connectivity index (χ4n) is 1.60. The van der Waals surface area contributed by atoms with Crippen LogP contribution < -0.4 is 5.32 Å². The maximum atomic E-state index is 4.10. The number of aryl methyl sites for hydroxylation is 1. The molecule has 15 heavy (non-hydrogen) atoms. The molecule has 1 heterocycles. The van der Waals surface area contributed by atoms with Gasteiger partial charge in [0.25, 0.3) is 0 Å². The van der Waals surface area contributed by atoms with Crippen LogP contribution in [0, 0.1) is 0 Å². The molecule has 3 nitrogen and oxygen atoms in total. The van der Waals surface area contributed by atoms with E-state index in [2.05, 4.69) is 41.5 Å². The Morgan fingerprint density at radius 2 is 2.00 bits per heavy atom. The van der Waals surface area contributed by atoms with Crippen molar-refractivity contribution in [3.05, 3.63) is 36.8 Å². The largest absolute Gasteiger partial charge is 0.385 e. The minimum Gasteiger partial charge on any atom is -0.385 e. The highest BCUT2D eigenvalue weighted by molar-refractivity contribution is 5.62. The summed E-state index contributed by atoms with van der Waals surface area (Å²) >= 11 is 0. The first-order valence-electron chi connectivity index (χ1n) is 5.12. The number of nitrogens with one attached hydrogen (secondary N) is 1. The monoisotopic (exact) mass is 201 g/mol. The van der Waals surface area contributed by atoms with Crippen LogP contribution in [-0.4, -0.2) is 16.1 Å². The van der Waals surface area contributed by atoms with Gasteiger partial charge in [0, 0.05) is 19.3 Å². The first-order valence-corrected chi connectivity index (χ1v) is 5.12. The molecule has 2 aromatic rings. The third kappa shape index (κ3) is 2.01. The molecular formula is C12H15N3. The maximum absolute atomic E-state index is 4.10. The van der Waals surface area contributed by atoms with Crippen LogP contribution in [-0.2, 0) is 7.05 Å². The molecule has 0 aliphatic heterocycles. The Balaban J connectivity index is 2.28. The highest BCUT2D eigenvalue weighted by Crippen LogP contribution is 2.20. The van der Waals surface area contributed by atoms with Crippen molar-refractivity contribution in [2.24, 2.45) is 7.05 Å². The van der Waals surface area contributed by atoms with Crippen LogP contribution in [0.1, 0.15) is 6.92 Å². The second-order valence-electron chi connectivity index (χ2n) is 3.50. The lowest BCUT2D eigenvalue weighted by Crippen LogP contribution is -1.96.